The third-order valence-corrected chi connectivity index (χ3v) is 4.45. The largest absolute Gasteiger partial charge is 0.337 e. The number of urea groups is 1. The Morgan fingerprint density at radius 3 is 2.35 bits per heavy atom. The molecular formula is C15H18N4O3S. The number of aryl methyl sites for hydroxylation is 1. The van der Waals surface area contributed by atoms with Crippen molar-refractivity contribution >= 4 is 21.7 Å². The van der Waals surface area contributed by atoms with Gasteiger partial charge in [0.05, 0.1) is 4.90 Å². The van der Waals surface area contributed by atoms with E-state index < -0.39 is 16.1 Å². The lowest BCUT2D eigenvalue weighted by Crippen LogP contribution is -2.36. The van der Waals surface area contributed by atoms with Crippen LogP contribution < -0.4 is 15.4 Å². The molecule has 0 radical (unpaired) electrons. The van der Waals surface area contributed by atoms with Gasteiger partial charge < -0.3 is 10.6 Å². The number of carbonyl (C=O) groups is 1. The molecule has 0 aliphatic heterocycles. The van der Waals surface area contributed by atoms with Crippen LogP contribution in [0.15, 0.2) is 53.7 Å². The number of hydrogen-bond acceptors (Lipinski definition) is 4. The molecule has 2 rings (SSSR count). The van der Waals surface area contributed by atoms with Gasteiger partial charge in [-0.1, -0.05) is 17.7 Å². The fraction of sp³-hybridized carbons (Fsp3) is 0.200. The number of benzene rings is 1. The van der Waals surface area contributed by atoms with Gasteiger partial charge in [-0.2, -0.15) is 0 Å². The molecule has 0 bridgehead atoms. The van der Waals surface area contributed by atoms with Gasteiger partial charge in [-0.25, -0.2) is 17.9 Å². The zero-order valence-corrected chi connectivity index (χ0v) is 13.4. The molecule has 1 heterocycles. The topological polar surface area (TPSA) is 100 Å². The van der Waals surface area contributed by atoms with Crippen LogP contribution in [0.2, 0.25) is 0 Å². The van der Waals surface area contributed by atoms with Gasteiger partial charge in [0.2, 0.25) is 10.0 Å². The van der Waals surface area contributed by atoms with Crippen molar-refractivity contribution in [1.29, 1.82) is 0 Å². The highest BCUT2D eigenvalue weighted by Crippen LogP contribution is 2.09. The van der Waals surface area contributed by atoms with Crippen LogP contribution in [0, 0.1) is 6.92 Å². The Morgan fingerprint density at radius 1 is 1.04 bits per heavy atom. The fourth-order valence-corrected chi connectivity index (χ4v) is 2.80. The Bertz CT molecular complexity index is 746. The van der Waals surface area contributed by atoms with E-state index in [4.69, 9.17) is 0 Å². The fourth-order valence-electron chi connectivity index (χ4n) is 1.77. The Balaban J connectivity index is 1.76. The first-order chi connectivity index (χ1) is 11.0. The molecule has 8 heteroatoms. The zero-order chi connectivity index (χ0) is 16.7. The average molecular weight is 334 g/mol. The molecule has 0 aliphatic carbocycles. The standard InChI is InChI=1S/C15H18N4O3S/c1-12-2-4-14(5-3-12)23(21,22)18-11-10-17-15(20)19-13-6-8-16-9-7-13/h2-9,18H,10-11H2,1H3,(H2,16,17,19,20). The first kappa shape index (κ1) is 16.9. The van der Waals surface area contributed by atoms with Crippen LogP contribution in [0.3, 0.4) is 0 Å². The Labute approximate surface area is 135 Å². The van der Waals surface area contributed by atoms with Crippen molar-refractivity contribution in [2.75, 3.05) is 18.4 Å². The molecular weight excluding hydrogens is 316 g/mol. The van der Waals surface area contributed by atoms with Crippen LogP contribution in [0.1, 0.15) is 5.56 Å². The van der Waals surface area contributed by atoms with E-state index in [1.54, 1.807) is 48.8 Å². The van der Waals surface area contributed by atoms with Crippen LogP contribution in [-0.2, 0) is 10.0 Å². The summed E-state index contributed by atoms with van der Waals surface area (Å²) in [6, 6.07) is 9.44. The third kappa shape index (κ3) is 5.35. The molecule has 0 atom stereocenters. The average Bonchev–Trinajstić information content (AvgIpc) is 2.53. The minimum absolute atomic E-state index is 0.0972. The predicted molar refractivity (Wildman–Crippen MR) is 87.6 cm³/mol. The van der Waals surface area contributed by atoms with E-state index in [0.29, 0.717) is 5.69 Å². The van der Waals surface area contributed by atoms with Gasteiger partial charge >= 0.3 is 6.03 Å². The Kier molecular flexibility index (Phi) is 5.67. The molecule has 0 unspecified atom stereocenters. The summed E-state index contributed by atoms with van der Waals surface area (Å²) >= 11 is 0. The van der Waals surface area contributed by atoms with Crippen molar-refractivity contribution in [3.8, 4) is 0 Å². The lowest BCUT2D eigenvalue weighted by molar-refractivity contribution is 0.252. The van der Waals surface area contributed by atoms with E-state index in [-0.39, 0.29) is 18.0 Å². The number of amides is 2. The molecule has 0 saturated heterocycles. The highest BCUT2D eigenvalue weighted by Gasteiger charge is 2.12. The molecule has 2 aromatic rings. The normalized spacial score (nSPS) is 11.0. The number of pyridine rings is 1. The second-order valence-corrected chi connectivity index (χ2v) is 6.59. The molecule has 1 aromatic heterocycles. The van der Waals surface area contributed by atoms with Crippen molar-refractivity contribution in [2.24, 2.45) is 0 Å². The molecule has 0 spiro atoms. The highest BCUT2D eigenvalue weighted by molar-refractivity contribution is 7.89. The first-order valence-electron chi connectivity index (χ1n) is 6.98. The van der Waals surface area contributed by atoms with Gasteiger partial charge in [-0.15, -0.1) is 0 Å². The van der Waals surface area contributed by atoms with Crippen LogP contribution in [0.4, 0.5) is 10.5 Å². The van der Waals surface area contributed by atoms with Crippen molar-refractivity contribution in [1.82, 2.24) is 15.0 Å². The first-order valence-corrected chi connectivity index (χ1v) is 8.47. The summed E-state index contributed by atoms with van der Waals surface area (Å²) in [4.78, 5) is 15.7. The minimum Gasteiger partial charge on any atom is -0.337 e. The lowest BCUT2D eigenvalue weighted by atomic mass is 10.2. The molecule has 2 amide bonds. The summed E-state index contributed by atoms with van der Waals surface area (Å²) in [6.07, 6.45) is 3.12. The maximum Gasteiger partial charge on any atom is 0.319 e. The molecule has 1 aromatic carbocycles. The number of nitrogens with one attached hydrogen (secondary N) is 3. The van der Waals surface area contributed by atoms with E-state index in [1.165, 1.54) is 0 Å². The molecule has 122 valence electrons. The van der Waals surface area contributed by atoms with E-state index in [1.807, 2.05) is 6.92 Å². The summed E-state index contributed by atoms with van der Waals surface area (Å²) in [7, 11) is -3.56. The quantitative estimate of drug-likeness (QED) is 0.697. The lowest BCUT2D eigenvalue weighted by Gasteiger charge is -2.09. The molecule has 0 fully saturated rings. The molecule has 3 N–H and O–H groups in total. The zero-order valence-electron chi connectivity index (χ0n) is 12.6. The predicted octanol–water partition coefficient (Wildman–Crippen LogP) is 1.49. The van der Waals surface area contributed by atoms with E-state index >= 15 is 0 Å². The summed E-state index contributed by atoms with van der Waals surface area (Å²) < 4.78 is 26.5. The summed E-state index contributed by atoms with van der Waals surface area (Å²) in [5.74, 6) is 0. The number of aromatic nitrogens is 1. The van der Waals surface area contributed by atoms with Crippen molar-refractivity contribution in [3.05, 3.63) is 54.4 Å². The number of sulfonamides is 1. The monoisotopic (exact) mass is 334 g/mol. The second-order valence-electron chi connectivity index (χ2n) is 4.83. The van der Waals surface area contributed by atoms with Crippen LogP contribution in [0.25, 0.3) is 0 Å². The third-order valence-electron chi connectivity index (χ3n) is 2.97. The van der Waals surface area contributed by atoms with E-state index in [2.05, 4.69) is 20.3 Å². The maximum atomic E-state index is 12.0. The SMILES string of the molecule is Cc1ccc(S(=O)(=O)NCCNC(=O)Nc2ccncc2)cc1. The number of hydrogen-bond donors (Lipinski definition) is 3. The van der Waals surface area contributed by atoms with Gasteiger partial charge in [0.1, 0.15) is 0 Å². The van der Waals surface area contributed by atoms with E-state index in [9.17, 15) is 13.2 Å². The van der Waals surface area contributed by atoms with Crippen LogP contribution in [-0.4, -0.2) is 32.5 Å². The van der Waals surface area contributed by atoms with Gasteiger partial charge in [0, 0.05) is 31.2 Å². The molecule has 0 aliphatic rings. The Morgan fingerprint density at radius 2 is 1.70 bits per heavy atom. The van der Waals surface area contributed by atoms with Gasteiger partial charge in [-0.05, 0) is 31.2 Å². The number of anilines is 1. The summed E-state index contributed by atoms with van der Waals surface area (Å²) in [5, 5.41) is 5.18. The number of nitrogens with zero attached hydrogens (tertiary/aromatic N) is 1. The van der Waals surface area contributed by atoms with Gasteiger partial charge in [0.25, 0.3) is 0 Å². The molecule has 0 saturated carbocycles. The molecule has 23 heavy (non-hydrogen) atoms. The van der Waals surface area contributed by atoms with Crippen molar-refractivity contribution in [3.63, 3.8) is 0 Å². The van der Waals surface area contributed by atoms with E-state index in [0.717, 1.165) is 5.56 Å². The van der Waals surface area contributed by atoms with Crippen LogP contribution >= 0.6 is 0 Å². The second kappa shape index (κ2) is 7.70. The molecule has 7 nitrogen and oxygen atoms in total. The summed E-state index contributed by atoms with van der Waals surface area (Å²) in [5.41, 5.74) is 1.59. The highest BCUT2D eigenvalue weighted by atomic mass is 32.2. The van der Waals surface area contributed by atoms with Crippen molar-refractivity contribution in [2.45, 2.75) is 11.8 Å². The number of carbonyl (C=O) groups excluding carboxylic acids is 1. The van der Waals surface area contributed by atoms with Crippen molar-refractivity contribution < 1.29 is 13.2 Å². The number of rotatable bonds is 6. The minimum atomic E-state index is -3.56. The Hall–Kier alpha value is -2.45. The smallest absolute Gasteiger partial charge is 0.319 e. The van der Waals surface area contributed by atoms with Gasteiger partial charge in [0.15, 0.2) is 0 Å². The maximum absolute atomic E-state index is 12.0. The summed E-state index contributed by atoms with van der Waals surface area (Å²) in [6.45, 7) is 2.15. The van der Waals surface area contributed by atoms with Crippen LogP contribution in [0.5, 0.6) is 0 Å². The van der Waals surface area contributed by atoms with Gasteiger partial charge in [-0.3, -0.25) is 4.98 Å².